The predicted octanol–water partition coefficient (Wildman–Crippen LogP) is 1.89. The Morgan fingerprint density at radius 3 is 2.19 bits per heavy atom. The zero-order chi connectivity index (χ0) is 12.3. The molecule has 1 atom stereocenters. The fourth-order valence-corrected chi connectivity index (χ4v) is 3.49. The summed E-state index contributed by atoms with van der Waals surface area (Å²) >= 11 is 0. The van der Waals surface area contributed by atoms with Crippen LogP contribution < -0.4 is 0 Å². The van der Waals surface area contributed by atoms with Gasteiger partial charge in [-0.2, -0.15) is 0 Å². The standard InChI is InChI=1S/C10H19NO4S/c1-8(9-6-4-3-5-7-9)11(10(12)13)16(2,14)15/h8-9H,3-7H2,1-2H3,(H,12,13). The van der Waals surface area contributed by atoms with Crippen molar-refractivity contribution in [3.05, 3.63) is 0 Å². The molecule has 0 heterocycles. The third-order valence-corrected chi connectivity index (χ3v) is 4.45. The van der Waals surface area contributed by atoms with Crippen LogP contribution in [0.3, 0.4) is 0 Å². The maximum Gasteiger partial charge on any atom is 0.421 e. The van der Waals surface area contributed by atoms with Crippen LogP contribution in [0.5, 0.6) is 0 Å². The number of sulfonamides is 1. The maximum absolute atomic E-state index is 11.4. The van der Waals surface area contributed by atoms with Crippen molar-refractivity contribution < 1.29 is 18.3 Å². The minimum atomic E-state index is -3.68. The van der Waals surface area contributed by atoms with Crippen LogP contribution in [0.4, 0.5) is 4.79 Å². The van der Waals surface area contributed by atoms with E-state index in [0.717, 1.165) is 38.4 Å². The van der Waals surface area contributed by atoms with Gasteiger partial charge >= 0.3 is 6.09 Å². The number of carbonyl (C=O) groups is 1. The van der Waals surface area contributed by atoms with E-state index in [1.807, 2.05) is 0 Å². The summed E-state index contributed by atoms with van der Waals surface area (Å²) in [6, 6.07) is -0.451. The number of nitrogens with zero attached hydrogens (tertiary/aromatic N) is 1. The molecule has 5 nitrogen and oxygen atoms in total. The molecule has 0 bridgehead atoms. The van der Waals surface area contributed by atoms with E-state index >= 15 is 0 Å². The van der Waals surface area contributed by atoms with Crippen LogP contribution in [0.25, 0.3) is 0 Å². The lowest BCUT2D eigenvalue weighted by Gasteiger charge is -2.33. The Morgan fingerprint density at radius 2 is 1.81 bits per heavy atom. The predicted molar refractivity (Wildman–Crippen MR) is 60.7 cm³/mol. The van der Waals surface area contributed by atoms with Gasteiger partial charge in [-0.1, -0.05) is 19.3 Å². The van der Waals surface area contributed by atoms with Crippen molar-refractivity contribution in [3.63, 3.8) is 0 Å². The molecule has 0 saturated heterocycles. The molecule has 0 radical (unpaired) electrons. The summed E-state index contributed by atoms with van der Waals surface area (Å²) in [7, 11) is -3.68. The van der Waals surface area contributed by atoms with E-state index in [2.05, 4.69) is 0 Å². The fourth-order valence-electron chi connectivity index (χ4n) is 2.43. The van der Waals surface area contributed by atoms with E-state index in [1.165, 1.54) is 0 Å². The van der Waals surface area contributed by atoms with Crippen LogP contribution in [-0.2, 0) is 10.0 Å². The van der Waals surface area contributed by atoms with E-state index in [4.69, 9.17) is 5.11 Å². The zero-order valence-corrected chi connectivity index (χ0v) is 10.5. The zero-order valence-electron chi connectivity index (χ0n) is 9.72. The van der Waals surface area contributed by atoms with Crippen LogP contribution in [-0.4, -0.2) is 36.2 Å². The Kier molecular flexibility index (Phi) is 4.18. The number of carboxylic acid groups (broad SMARTS) is 1. The van der Waals surface area contributed by atoms with Gasteiger partial charge in [0, 0.05) is 0 Å². The molecule has 1 fully saturated rings. The van der Waals surface area contributed by atoms with Crippen LogP contribution in [0.1, 0.15) is 39.0 Å². The molecule has 1 rings (SSSR count). The second-order valence-electron chi connectivity index (χ2n) is 4.48. The molecule has 1 aliphatic carbocycles. The van der Waals surface area contributed by atoms with Crippen molar-refractivity contribution in [2.45, 2.75) is 45.1 Å². The molecule has 0 aromatic heterocycles. The van der Waals surface area contributed by atoms with Gasteiger partial charge in [-0.3, -0.25) is 0 Å². The quantitative estimate of drug-likeness (QED) is 0.828. The minimum Gasteiger partial charge on any atom is -0.464 e. The Balaban J connectivity index is 2.82. The van der Waals surface area contributed by atoms with Crippen molar-refractivity contribution in [1.82, 2.24) is 4.31 Å². The lowest BCUT2D eigenvalue weighted by atomic mass is 9.85. The monoisotopic (exact) mass is 249 g/mol. The molecule has 1 aliphatic rings. The minimum absolute atomic E-state index is 0.166. The van der Waals surface area contributed by atoms with Gasteiger partial charge in [0.15, 0.2) is 0 Å². The Bertz CT molecular complexity index is 346. The molecule has 0 aromatic rings. The van der Waals surface area contributed by atoms with E-state index in [0.29, 0.717) is 4.31 Å². The topological polar surface area (TPSA) is 74.7 Å². The molecular weight excluding hydrogens is 230 g/mol. The molecule has 1 amide bonds. The summed E-state index contributed by atoms with van der Waals surface area (Å²) in [5, 5.41) is 8.96. The summed E-state index contributed by atoms with van der Waals surface area (Å²) < 4.78 is 23.4. The number of hydrogen-bond donors (Lipinski definition) is 1. The first-order valence-electron chi connectivity index (χ1n) is 5.56. The highest BCUT2D eigenvalue weighted by Gasteiger charge is 2.34. The molecule has 0 spiro atoms. The number of rotatable bonds is 3. The fraction of sp³-hybridized carbons (Fsp3) is 0.900. The van der Waals surface area contributed by atoms with Gasteiger partial charge in [0.05, 0.1) is 12.3 Å². The van der Waals surface area contributed by atoms with Crippen molar-refractivity contribution in [3.8, 4) is 0 Å². The molecule has 0 aliphatic heterocycles. The molecule has 94 valence electrons. The normalized spacial score (nSPS) is 20.4. The van der Waals surface area contributed by atoms with Gasteiger partial charge in [-0.15, -0.1) is 0 Å². The number of hydrogen-bond acceptors (Lipinski definition) is 3. The van der Waals surface area contributed by atoms with Crippen molar-refractivity contribution >= 4 is 16.1 Å². The molecule has 1 N–H and O–H groups in total. The van der Waals surface area contributed by atoms with Gasteiger partial charge in [0.1, 0.15) is 0 Å². The lowest BCUT2D eigenvalue weighted by molar-refractivity contribution is 0.143. The van der Waals surface area contributed by atoms with E-state index < -0.39 is 22.2 Å². The van der Waals surface area contributed by atoms with Gasteiger partial charge in [-0.25, -0.2) is 17.5 Å². The highest BCUT2D eigenvalue weighted by atomic mass is 32.2. The Hall–Kier alpha value is -0.780. The van der Waals surface area contributed by atoms with Crippen LogP contribution in [0, 0.1) is 5.92 Å². The van der Waals surface area contributed by atoms with Gasteiger partial charge in [0.25, 0.3) is 0 Å². The first-order valence-corrected chi connectivity index (χ1v) is 7.41. The lowest BCUT2D eigenvalue weighted by Crippen LogP contribution is -2.45. The van der Waals surface area contributed by atoms with E-state index in [-0.39, 0.29) is 5.92 Å². The molecular formula is C10H19NO4S. The first-order chi connectivity index (χ1) is 7.34. The summed E-state index contributed by atoms with van der Waals surface area (Å²) in [5.74, 6) is 0.166. The molecule has 16 heavy (non-hydrogen) atoms. The second kappa shape index (κ2) is 5.03. The molecule has 1 unspecified atom stereocenters. The van der Waals surface area contributed by atoms with Crippen LogP contribution in [0.2, 0.25) is 0 Å². The van der Waals surface area contributed by atoms with Crippen LogP contribution in [0.15, 0.2) is 0 Å². The smallest absolute Gasteiger partial charge is 0.421 e. The highest BCUT2D eigenvalue weighted by Crippen LogP contribution is 2.29. The first kappa shape index (κ1) is 13.3. The summed E-state index contributed by atoms with van der Waals surface area (Å²) in [6.45, 7) is 1.69. The third-order valence-electron chi connectivity index (χ3n) is 3.25. The Morgan fingerprint density at radius 1 is 1.31 bits per heavy atom. The van der Waals surface area contributed by atoms with Gasteiger partial charge in [0.2, 0.25) is 10.0 Å². The Labute approximate surface area is 96.5 Å². The third kappa shape index (κ3) is 3.10. The average Bonchev–Trinajstić information content (AvgIpc) is 2.16. The van der Waals surface area contributed by atoms with Crippen molar-refractivity contribution in [2.75, 3.05) is 6.26 Å². The summed E-state index contributed by atoms with van der Waals surface area (Å²) in [6.07, 6.45) is 4.69. The second-order valence-corrected chi connectivity index (χ2v) is 6.34. The molecule has 0 aromatic carbocycles. The van der Waals surface area contributed by atoms with Crippen molar-refractivity contribution in [1.29, 1.82) is 0 Å². The van der Waals surface area contributed by atoms with Gasteiger partial charge < -0.3 is 5.11 Å². The maximum atomic E-state index is 11.4. The van der Waals surface area contributed by atoms with Crippen molar-refractivity contribution in [2.24, 2.45) is 5.92 Å². The van der Waals surface area contributed by atoms with Gasteiger partial charge in [-0.05, 0) is 25.7 Å². The highest BCUT2D eigenvalue weighted by molar-refractivity contribution is 7.88. The largest absolute Gasteiger partial charge is 0.464 e. The molecule has 6 heteroatoms. The van der Waals surface area contributed by atoms with E-state index in [1.54, 1.807) is 6.92 Å². The van der Waals surface area contributed by atoms with E-state index in [9.17, 15) is 13.2 Å². The number of amides is 1. The summed E-state index contributed by atoms with van der Waals surface area (Å²) in [4.78, 5) is 11.0. The van der Waals surface area contributed by atoms with Crippen LogP contribution >= 0.6 is 0 Å². The SMILES string of the molecule is CC(C1CCCCC1)N(C(=O)O)S(C)(=O)=O. The average molecular weight is 249 g/mol. The molecule has 1 saturated carbocycles. The summed E-state index contributed by atoms with van der Waals surface area (Å²) in [5.41, 5.74) is 0.